The van der Waals surface area contributed by atoms with Gasteiger partial charge >= 0.3 is 7.60 Å². The van der Waals surface area contributed by atoms with Crippen LogP contribution in [0.25, 0.3) is 0 Å². The van der Waals surface area contributed by atoms with Crippen LogP contribution in [0.4, 0.5) is 8.78 Å². The molecule has 0 bridgehead atoms. The largest absolute Gasteiger partial charge is 0.328 e. The highest BCUT2D eigenvalue weighted by Crippen LogP contribution is 2.45. The molecule has 1 unspecified atom stereocenters. The zero-order valence-corrected chi connectivity index (χ0v) is 7.68. The Balaban J connectivity index is 4.14. The first-order valence-electron chi connectivity index (χ1n) is 3.71. The van der Waals surface area contributed by atoms with E-state index in [1.807, 2.05) is 0 Å². The average molecular weight is 202 g/mol. The molecule has 0 heterocycles. The van der Waals surface area contributed by atoms with Crippen LogP contribution in [0.3, 0.4) is 0 Å². The fourth-order valence-corrected chi connectivity index (χ4v) is 1.99. The van der Waals surface area contributed by atoms with E-state index in [0.717, 1.165) is 0 Å². The highest BCUT2D eigenvalue weighted by atomic mass is 31.2. The molecular weight excluding hydrogens is 189 g/mol. The quantitative estimate of drug-likeness (QED) is 0.670. The summed E-state index contributed by atoms with van der Waals surface area (Å²) in [7, 11) is -4.33. The van der Waals surface area contributed by atoms with Crippen molar-refractivity contribution in [1.82, 2.24) is 0 Å². The number of rotatable bonds is 5. The smallest absolute Gasteiger partial charge is 0.324 e. The van der Waals surface area contributed by atoms with E-state index in [0.29, 0.717) is 6.42 Å². The van der Waals surface area contributed by atoms with E-state index in [1.165, 1.54) is 0 Å². The van der Waals surface area contributed by atoms with Crippen LogP contribution in [0.2, 0.25) is 0 Å². The van der Waals surface area contributed by atoms with E-state index in [2.05, 4.69) is 0 Å². The summed E-state index contributed by atoms with van der Waals surface area (Å²) in [6.07, 6.45) is -2.70. The predicted octanol–water partition coefficient (Wildman–Crippen LogP) is 1.99. The van der Waals surface area contributed by atoms with Crippen LogP contribution in [0.5, 0.6) is 0 Å². The summed E-state index contributed by atoms with van der Waals surface area (Å²) < 4.78 is 34.2. The molecule has 0 aromatic heterocycles. The van der Waals surface area contributed by atoms with Crippen molar-refractivity contribution in [2.75, 3.05) is 0 Å². The van der Waals surface area contributed by atoms with E-state index < -0.39 is 26.1 Å². The third-order valence-corrected chi connectivity index (χ3v) is 2.97. The van der Waals surface area contributed by atoms with Gasteiger partial charge in [-0.05, 0) is 6.42 Å². The van der Waals surface area contributed by atoms with Crippen molar-refractivity contribution < 1.29 is 23.1 Å². The molecule has 0 spiro atoms. The van der Waals surface area contributed by atoms with Crippen LogP contribution >= 0.6 is 7.60 Å². The highest BCUT2D eigenvalue weighted by Gasteiger charge is 2.30. The fourth-order valence-electron chi connectivity index (χ4n) is 0.962. The summed E-state index contributed by atoms with van der Waals surface area (Å²) in [4.78, 5) is 17.3. The number of halogens is 2. The van der Waals surface area contributed by atoms with Crippen molar-refractivity contribution in [3.8, 4) is 0 Å². The van der Waals surface area contributed by atoms with Gasteiger partial charge in [-0.3, -0.25) is 4.57 Å². The maximum atomic E-state index is 11.8. The van der Waals surface area contributed by atoms with Crippen LogP contribution < -0.4 is 0 Å². The van der Waals surface area contributed by atoms with Crippen molar-refractivity contribution >= 4 is 7.60 Å². The minimum Gasteiger partial charge on any atom is -0.324 e. The topological polar surface area (TPSA) is 57.5 Å². The van der Waals surface area contributed by atoms with Gasteiger partial charge in [0.25, 0.3) is 0 Å². The lowest BCUT2D eigenvalue weighted by atomic mass is 10.2. The molecule has 0 radical (unpaired) electrons. The lowest BCUT2D eigenvalue weighted by molar-refractivity contribution is 0.131. The van der Waals surface area contributed by atoms with Crippen molar-refractivity contribution in [1.29, 1.82) is 0 Å². The van der Waals surface area contributed by atoms with Crippen LogP contribution in [-0.4, -0.2) is 21.9 Å². The second-order valence-corrected chi connectivity index (χ2v) is 4.57. The third-order valence-electron chi connectivity index (χ3n) is 1.55. The molecule has 0 saturated heterocycles. The first kappa shape index (κ1) is 12.0. The second kappa shape index (κ2) is 4.90. The van der Waals surface area contributed by atoms with Crippen molar-refractivity contribution in [3.05, 3.63) is 0 Å². The minimum absolute atomic E-state index is 0.147. The summed E-state index contributed by atoms with van der Waals surface area (Å²) in [5.74, 6) is 0. The Morgan fingerprint density at radius 1 is 1.42 bits per heavy atom. The van der Waals surface area contributed by atoms with Gasteiger partial charge in [-0.1, -0.05) is 13.3 Å². The van der Waals surface area contributed by atoms with Crippen LogP contribution in [-0.2, 0) is 4.57 Å². The SMILES string of the molecule is CCCC(CC(F)F)P(=O)(O)O. The Labute approximate surface area is 69.9 Å². The van der Waals surface area contributed by atoms with E-state index in [4.69, 9.17) is 9.79 Å². The second-order valence-electron chi connectivity index (χ2n) is 2.66. The molecule has 0 aliphatic heterocycles. The number of hydrogen-bond donors (Lipinski definition) is 2. The normalized spacial score (nSPS) is 15.2. The zero-order valence-electron chi connectivity index (χ0n) is 6.78. The van der Waals surface area contributed by atoms with E-state index in [1.54, 1.807) is 6.92 Å². The van der Waals surface area contributed by atoms with Gasteiger partial charge in [0.15, 0.2) is 0 Å². The fraction of sp³-hybridized carbons (Fsp3) is 1.00. The van der Waals surface area contributed by atoms with Crippen molar-refractivity contribution in [2.24, 2.45) is 0 Å². The van der Waals surface area contributed by atoms with Crippen LogP contribution in [0.1, 0.15) is 26.2 Å². The van der Waals surface area contributed by atoms with Gasteiger partial charge in [0.1, 0.15) is 0 Å². The third kappa shape index (κ3) is 4.80. The first-order valence-corrected chi connectivity index (χ1v) is 5.39. The van der Waals surface area contributed by atoms with Gasteiger partial charge < -0.3 is 9.79 Å². The molecule has 0 aliphatic carbocycles. The number of alkyl halides is 2. The molecule has 74 valence electrons. The molecule has 0 aromatic rings. The molecule has 12 heavy (non-hydrogen) atoms. The Bertz CT molecular complexity index is 168. The van der Waals surface area contributed by atoms with Gasteiger partial charge in [0.05, 0.1) is 5.66 Å². The Kier molecular flexibility index (Phi) is 4.90. The molecule has 0 amide bonds. The highest BCUT2D eigenvalue weighted by molar-refractivity contribution is 7.52. The average Bonchev–Trinajstić information content (AvgIpc) is 1.83. The molecule has 0 rings (SSSR count). The van der Waals surface area contributed by atoms with Gasteiger partial charge in [-0.25, -0.2) is 8.78 Å². The van der Waals surface area contributed by atoms with Gasteiger partial charge in [0, 0.05) is 6.42 Å². The molecule has 2 N–H and O–H groups in total. The lowest BCUT2D eigenvalue weighted by Crippen LogP contribution is -2.12. The maximum absolute atomic E-state index is 11.8. The summed E-state index contributed by atoms with van der Waals surface area (Å²) in [5.41, 5.74) is -1.18. The van der Waals surface area contributed by atoms with Gasteiger partial charge in [-0.2, -0.15) is 0 Å². The summed E-state index contributed by atoms with van der Waals surface area (Å²) in [6, 6.07) is 0. The number of hydrogen-bond acceptors (Lipinski definition) is 1. The minimum atomic E-state index is -4.33. The van der Waals surface area contributed by atoms with Crippen molar-refractivity contribution in [3.63, 3.8) is 0 Å². The molecular formula is C6H13F2O3P. The Hall–Kier alpha value is 0.01000. The molecule has 0 fully saturated rings. The maximum Gasteiger partial charge on any atom is 0.328 e. The summed E-state index contributed by atoms with van der Waals surface area (Å²) in [5, 5.41) is 0. The predicted molar refractivity (Wildman–Crippen MR) is 41.4 cm³/mol. The molecule has 0 saturated carbocycles. The van der Waals surface area contributed by atoms with E-state index in [-0.39, 0.29) is 6.42 Å². The van der Waals surface area contributed by atoms with E-state index in [9.17, 15) is 13.3 Å². The first-order chi connectivity index (χ1) is 5.38. The zero-order chi connectivity index (χ0) is 9.78. The van der Waals surface area contributed by atoms with Gasteiger partial charge in [-0.15, -0.1) is 0 Å². The van der Waals surface area contributed by atoms with Crippen molar-refractivity contribution in [2.45, 2.75) is 38.3 Å². The standard InChI is InChI=1S/C6H13F2O3P/c1-2-3-5(4-6(7)8)12(9,10)11/h5-6H,2-4H2,1H3,(H2,9,10,11). The molecule has 0 aliphatic rings. The molecule has 1 atom stereocenters. The van der Waals surface area contributed by atoms with Crippen LogP contribution in [0, 0.1) is 0 Å². The Morgan fingerprint density at radius 2 is 1.92 bits per heavy atom. The van der Waals surface area contributed by atoms with Crippen LogP contribution in [0.15, 0.2) is 0 Å². The van der Waals surface area contributed by atoms with E-state index >= 15 is 0 Å². The summed E-state index contributed by atoms with van der Waals surface area (Å²) >= 11 is 0. The molecule has 3 nitrogen and oxygen atoms in total. The monoisotopic (exact) mass is 202 g/mol. The summed E-state index contributed by atoms with van der Waals surface area (Å²) in [6.45, 7) is 1.70. The molecule has 6 heteroatoms. The van der Waals surface area contributed by atoms with Gasteiger partial charge in [0.2, 0.25) is 6.43 Å². The molecule has 0 aromatic carbocycles. The lowest BCUT2D eigenvalue weighted by Gasteiger charge is -2.16. The Morgan fingerprint density at radius 3 is 2.17 bits per heavy atom.